The lowest BCUT2D eigenvalue weighted by Gasteiger charge is -2.15. The van der Waals surface area contributed by atoms with Crippen molar-refractivity contribution in [1.82, 2.24) is 36.2 Å². The summed E-state index contributed by atoms with van der Waals surface area (Å²) in [4.78, 5) is 22.1. The van der Waals surface area contributed by atoms with Gasteiger partial charge < -0.3 is 16.0 Å². The van der Waals surface area contributed by atoms with E-state index in [1.54, 1.807) is 24.9 Å². The summed E-state index contributed by atoms with van der Waals surface area (Å²) in [5.41, 5.74) is 7.13. The maximum Gasteiger partial charge on any atom is 0.320 e. The van der Waals surface area contributed by atoms with Crippen LogP contribution < -0.4 is 16.4 Å². The monoisotopic (exact) mass is 398 g/mol. The Bertz CT molecular complexity index is 1020. The first-order valence-corrected chi connectivity index (χ1v) is 8.55. The predicted octanol–water partition coefficient (Wildman–Crippen LogP) is 0.547. The van der Waals surface area contributed by atoms with Gasteiger partial charge in [-0.25, -0.2) is 24.3 Å². The third-order valence-corrected chi connectivity index (χ3v) is 3.85. The number of nitrogens with two attached hydrogens (primary N) is 1. The van der Waals surface area contributed by atoms with Gasteiger partial charge in [0, 0.05) is 19.2 Å². The molecule has 2 amide bonds. The second-order valence-corrected chi connectivity index (χ2v) is 5.88. The summed E-state index contributed by atoms with van der Waals surface area (Å²) in [6, 6.07) is 5.32. The van der Waals surface area contributed by atoms with Crippen molar-refractivity contribution in [1.29, 1.82) is 0 Å². The molecule has 1 aliphatic heterocycles. The molecular weight excluding hydrogens is 379 g/mol. The van der Waals surface area contributed by atoms with Crippen molar-refractivity contribution in [3.8, 4) is 0 Å². The summed E-state index contributed by atoms with van der Waals surface area (Å²) in [7, 11) is 1.67. The SMILES string of the molecule is C=C(/N=C1\C(=C(/N)c2cccc(F)c2)N=C(c2nnn[nH]2)N1C)NC(=O)NCC. The number of amides is 2. The number of nitrogens with zero attached hydrogens (tertiary/aromatic N) is 6. The molecule has 0 saturated carbocycles. The number of tetrazole rings is 1. The van der Waals surface area contributed by atoms with E-state index in [0.29, 0.717) is 17.9 Å². The van der Waals surface area contributed by atoms with Crippen molar-refractivity contribution in [2.45, 2.75) is 6.92 Å². The van der Waals surface area contributed by atoms with E-state index in [2.05, 4.69) is 47.8 Å². The number of hydrogen-bond acceptors (Lipinski definition) is 7. The van der Waals surface area contributed by atoms with Crippen LogP contribution in [0.25, 0.3) is 5.70 Å². The lowest BCUT2D eigenvalue weighted by atomic mass is 10.1. The van der Waals surface area contributed by atoms with Crippen LogP contribution in [0.2, 0.25) is 0 Å². The van der Waals surface area contributed by atoms with Gasteiger partial charge in [-0.3, -0.25) is 5.32 Å². The zero-order valence-electron chi connectivity index (χ0n) is 15.8. The average Bonchev–Trinajstić information content (AvgIpc) is 3.30. The van der Waals surface area contributed by atoms with E-state index in [9.17, 15) is 9.18 Å². The Kier molecular flexibility index (Phi) is 5.62. The fourth-order valence-corrected chi connectivity index (χ4v) is 2.55. The van der Waals surface area contributed by atoms with E-state index in [0.717, 1.165) is 0 Å². The van der Waals surface area contributed by atoms with Gasteiger partial charge in [0.25, 0.3) is 0 Å². The molecule has 12 heteroatoms. The maximum atomic E-state index is 13.7. The van der Waals surface area contributed by atoms with Crippen LogP contribution in [0, 0.1) is 5.82 Å². The first kappa shape index (κ1) is 19.7. The highest BCUT2D eigenvalue weighted by Crippen LogP contribution is 2.25. The summed E-state index contributed by atoms with van der Waals surface area (Å²) in [5, 5.41) is 18.6. The average molecular weight is 398 g/mol. The Labute approximate surface area is 165 Å². The van der Waals surface area contributed by atoms with Crippen molar-refractivity contribution in [2.24, 2.45) is 15.7 Å². The molecule has 3 rings (SSSR count). The van der Waals surface area contributed by atoms with Crippen molar-refractivity contribution in [3.63, 3.8) is 0 Å². The van der Waals surface area contributed by atoms with Crippen LogP contribution in [0.1, 0.15) is 18.3 Å². The number of amidine groups is 2. The number of carbonyl (C=O) groups is 1. The number of carbonyl (C=O) groups excluding carboxylic acids is 1. The predicted molar refractivity (Wildman–Crippen MR) is 105 cm³/mol. The number of aliphatic imine (C=N–C) groups is 2. The third-order valence-electron chi connectivity index (χ3n) is 3.85. The van der Waals surface area contributed by atoms with Crippen molar-refractivity contribution in [3.05, 3.63) is 59.6 Å². The Morgan fingerprint density at radius 1 is 1.45 bits per heavy atom. The quantitative estimate of drug-likeness (QED) is 0.578. The molecule has 11 nitrogen and oxygen atoms in total. The minimum atomic E-state index is -0.452. The van der Waals surface area contributed by atoms with E-state index in [1.807, 2.05) is 0 Å². The van der Waals surface area contributed by atoms with Crippen LogP contribution in [-0.2, 0) is 0 Å². The van der Waals surface area contributed by atoms with Crippen LogP contribution in [0.15, 0.2) is 52.3 Å². The molecule has 0 radical (unpaired) electrons. The molecule has 0 unspecified atom stereocenters. The first-order valence-electron chi connectivity index (χ1n) is 8.55. The summed E-state index contributed by atoms with van der Waals surface area (Å²) in [6.07, 6.45) is 0. The number of urea groups is 1. The molecule has 2 aromatic rings. The molecule has 29 heavy (non-hydrogen) atoms. The van der Waals surface area contributed by atoms with Crippen LogP contribution >= 0.6 is 0 Å². The molecule has 2 heterocycles. The second kappa shape index (κ2) is 8.29. The molecule has 150 valence electrons. The van der Waals surface area contributed by atoms with E-state index < -0.39 is 11.8 Å². The molecule has 1 aromatic carbocycles. The van der Waals surface area contributed by atoms with Gasteiger partial charge in [0.05, 0.1) is 5.70 Å². The molecular formula is C17H19FN10O. The summed E-state index contributed by atoms with van der Waals surface area (Å²) in [6.45, 7) is 5.96. The number of aromatic nitrogens is 4. The lowest BCUT2D eigenvalue weighted by Crippen LogP contribution is -2.35. The van der Waals surface area contributed by atoms with E-state index in [1.165, 1.54) is 18.2 Å². The van der Waals surface area contributed by atoms with Gasteiger partial charge in [-0.05, 0) is 29.5 Å². The molecule has 0 fully saturated rings. The maximum absolute atomic E-state index is 13.7. The van der Waals surface area contributed by atoms with E-state index in [-0.39, 0.29) is 28.9 Å². The number of hydrogen-bond donors (Lipinski definition) is 4. The van der Waals surface area contributed by atoms with Crippen LogP contribution in [0.5, 0.6) is 0 Å². The molecule has 1 aromatic heterocycles. The Morgan fingerprint density at radius 2 is 2.24 bits per heavy atom. The number of H-pyrrole nitrogens is 1. The molecule has 0 spiro atoms. The Hall–Kier alpha value is -4.09. The Balaban J connectivity index is 2.05. The van der Waals surface area contributed by atoms with Gasteiger partial charge in [-0.1, -0.05) is 18.7 Å². The first-order chi connectivity index (χ1) is 13.9. The normalized spacial score (nSPS) is 16.6. The van der Waals surface area contributed by atoms with Crippen molar-refractivity contribution in [2.75, 3.05) is 13.6 Å². The number of nitrogens with one attached hydrogen (secondary N) is 3. The highest BCUT2D eigenvalue weighted by molar-refractivity contribution is 6.21. The van der Waals surface area contributed by atoms with E-state index in [4.69, 9.17) is 5.73 Å². The smallest absolute Gasteiger partial charge is 0.320 e. The highest BCUT2D eigenvalue weighted by atomic mass is 19.1. The molecule has 0 atom stereocenters. The molecule has 5 N–H and O–H groups in total. The van der Waals surface area contributed by atoms with E-state index >= 15 is 0 Å². The van der Waals surface area contributed by atoms with Crippen LogP contribution in [-0.4, -0.2) is 56.8 Å². The fraction of sp³-hybridized carbons (Fsp3) is 0.176. The van der Waals surface area contributed by atoms with Gasteiger partial charge >= 0.3 is 6.03 Å². The van der Waals surface area contributed by atoms with Gasteiger partial charge in [0.1, 0.15) is 17.3 Å². The number of rotatable bonds is 5. The second-order valence-electron chi connectivity index (χ2n) is 5.88. The minimum Gasteiger partial charge on any atom is -0.396 e. The summed E-state index contributed by atoms with van der Waals surface area (Å²) >= 11 is 0. The largest absolute Gasteiger partial charge is 0.396 e. The van der Waals surface area contributed by atoms with Gasteiger partial charge in [0.2, 0.25) is 5.82 Å². The number of halogens is 1. The fourth-order valence-electron chi connectivity index (χ4n) is 2.55. The molecule has 0 saturated heterocycles. The topological polar surface area (TPSA) is 150 Å². The molecule has 1 aliphatic rings. The van der Waals surface area contributed by atoms with Crippen LogP contribution in [0.3, 0.4) is 0 Å². The summed E-state index contributed by atoms with van der Waals surface area (Å²) < 4.78 is 13.7. The third kappa shape index (κ3) is 4.26. The molecule has 0 aliphatic carbocycles. The molecule has 0 bridgehead atoms. The van der Waals surface area contributed by atoms with Gasteiger partial charge in [-0.2, -0.15) is 0 Å². The number of benzene rings is 1. The van der Waals surface area contributed by atoms with Gasteiger partial charge in [0.15, 0.2) is 11.7 Å². The minimum absolute atomic E-state index is 0.0643. The van der Waals surface area contributed by atoms with Gasteiger partial charge in [-0.15, -0.1) is 5.10 Å². The number of likely N-dealkylation sites (N-methyl/N-ethyl adjacent to an activating group) is 1. The number of aromatic amines is 1. The standard InChI is InChI=1S/C17H19FN10O/c1-4-20-17(29)22-9(2)21-15-13(12(19)10-6-5-7-11(18)8-10)23-16(28(15)3)14-24-26-27-25-14/h5-8H,2,4,19H2,1,3H3,(H2,20,22,29)(H,24,25,26,27)/b13-12+,21-15+. The van der Waals surface area contributed by atoms with Crippen LogP contribution in [0.4, 0.5) is 9.18 Å². The van der Waals surface area contributed by atoms with Crippen molar-refractivity contribution < 1.29 is 9.18 Å². The lowest BCUT2D eigenvalue weighted by molar-refractivity contribution is 0.244. The zero-order chi connectivity index (χ0) is 21.0. The zero-order valence-corrected chi connectivity index (χ0v) is 15.8. The Morgan fingerprint density at radius 3 is 2.90 bits per heavy atom. The highest BCUT2D eigenvalue weighted by Gasteiger charge is 2.31. The summed E-state index contributed by atoms with van der Waals surface area (Å²) in [5.74, 6) is 0.523. The van der Waals surface area contributed by atoms with Crippen molar-refractivity contribution >= 4 is 23.4 Å².